The Morgan fingerprint density at radius 1 is 1.77 bits per heavy atom. The van der Waals surface area contributed by atoms with Crippen LogP contribution in [-0.4, -0.2) is 22.7 Å². The lowest BCUT2D eigenvalue weighted by atomic mass is 10.3. The molecule has 13 heavy (non-hydrogen) atoms. The van der Waals surface area contributed by atoms with Crippen LogP contribution in [0.15, 0.2) is 16.7 Å². The van der Waals surface area contributed by atoms with Crippen LogP contribution >= 0.6 is 15.9 Å². The molecule has 1 aromatic rings. The van der Waals surface area contributed by atoms with E-state index in [4.69, 9.17) is 9.84 Å². The summed E-state index contributed by atoms with van der Waals surface area (Å²) in [6.07, 6.45) is 1.41. The van der Waals surface area contributed by atoms with Gasteiger partial charge in [-0.3, -0.25) is 0 Å². The topological polar surface area (TPSA) is 59.4 Å². The monoisotopic (exact) mass is 245 g/mol. The van der Waals surface area contributed by atoms with Gasteiger partial charge in [0.1, 0.15) is 0 Å². The minimum absolute atomic E-state index is 0.0729. The SMILES string of the molecule is CCOc1c(Br)ccnc1C(=O)O. The van der Waals surface area contributed by atoms with E-state index in [1.807, 2.05) is 0 Å². The highest BCUT2D eigenvalue weighted by Crippen LogP contribution is 2.27. The van der Waals surface area contributed by atoms with Gasteiger partial charge in [-0.25, -0.2) is 9.78 Å². The van der Waals surface area contributed by atoms with Crippen LogP contribution in [-0.2, 0) is 0 Å². The maximum atomic E-state index is 10.7. The van der Waals surface area contributed by atoms with Gasteiger partial charge in [-0.15, -0.1) is 0 Å². The molecule has 1 aromatic heterocycles. The normalized spacial score (nSPS) is 9.69. The van der Waals surface area contributed by atoms with Gasteiger partial charge in [-0.2, -0.15) is 0 Å². The van der Waals surface area contributed by atoms with Crippen molar-refractivity contribution in [3.05, 3.63) is 22.4 Å². The second-order valence-electron chi connectivity index (χ2n) is 2.21. The Bertz CT molecular complexity index is 327. The van der Waals surface area contributed by atoms with Crippen molar-refractivity contribution in [2.45, 2.75) is 6.92 Å². The first-order valence-electron chi connectivity index (χ1n) is 3.67. The fourth-order valence-electron chi connectivity index (χ4n) is 0.859. The molecule has 0 saturated heterocycles. The fourth-order valence-corrected chi connectivity index (χ4v) is 1.28. The summed E-state index contributed by atoms with van der Waals surface area (Å²) in [6, 6.07) is 1.64. The molecule has 4 nitrogen and oxygen atoms in total. The van der Waals surface area contributed by atoms with Gasteiger partial charge in [-0.1, -0.05) is 0 Å². The Morgan fingerprint density at radius 2 is 2.46 bits per heavy atom. The zero-order valence-electron chi connectivity index (χ0n) is 6.95. The molecular formula is C8H8BrNO3. The minimum Gasteiger partial charge on any atom is -0.490 e. The molecule has 70 valence electrons. The van der Waals surface area contributed by atoms with E-state index in [1.54, 1.807) is 13.0 Å². The summed E-state index contributed by atoms with van der Waals surface area (Å²) in [5.74, 6) is -0.817. The third kappa shape index (κ3) is 2.18. The lowest BCUT2D eigenvalue weighted by Crippen LogP contribution is -2.05. The van der Waals surface area contributed by atoms with Crippen molar-refractivity contribution in [1.29, 1.82) is 0 Å². The maximum absolute atomic E-state index is 10.7. The third-order valence-electron chi connectivity index (χ3n) is 1.35. The van der Waals surface area contributed by atoms with Crippen LogP contribution in [0.4, 0.5) is 0 Å². The molecule has 0 aliphatic rings. The standard InChI is InChI=1S/C8H8BrNO3/c1-2-13-7-5(9)3-4-10-6(7)8(11)12/h3-4H,2H2,1H3,(H,11,12). The molecule has 1 rings (SSSR count). The number of aromatic carboxylic acids is 1. The third-order valence-corrected chi connectivity index (χ3v) is 1.97. The molecule has 0 bridgehead atoms. The van der Waals surface area contributed by atoms with Gasteiger partial charge in [0.15, 0.2) is 11.4 Å². The maximum Gasteiger partial charge on any atom is 0.358 e. The lowest BCUT2D eigenvalue weighted by molar-refractivity contribution is 0.0685. The van der Waals surface area contributed by atoms with Crippen LogP contribution in [0.25, 0.3) is 0 Å². The second-order valence-corrected chi connectivity index (χ2v) is 3.06. The van der Waals surface area contributed by atoms with Gasteiger partial charge >= 0.3 is 5.97 Å². The second kappa shape index (κ2) is 4.23. The number of carboxylic acids is 1. The first-order valence-corrected chi connectivity index (χ1v) is 4.46. The number of nitrogens with zero attached hydrogens (tertiary/aromatic N) is 1. The lowest BCUT2D eigenvalue weighted by Gasteiger charge is -2.07. The Kier molecular flexibility index (Phi) is 3.25. The van der Waals surface area contributed by atoms with Crippen LogP contribution < -0.4 is 4.74 Å². The Morgan fingerprint density at radius 3 is 3.00 bits per heavy atom. The average Bonchev–Trinajstić information content (AvgIpc) is 2.08. The van der Waals surface area contributed by atoms with E-state index >= 15 is 0 Å². The zero-order valence-corrected chi connectivity index (χ0v) is 8.54. The van der Waals surface area contributed by atoms with Gasteiger partial charge in [0.05, 0.1) is 11.1 Å². The van der Waals surface area contributed by atoms with Crippen molar-refractivity contribution in [2.75, 3.05) is 6.61 Å². The highest BCUT2D eigenvalue weighted by Gasteiger charge is 2.15. The van der Waals surface area contributed by atoms with Crippen LogP contribution in [0.2, 0.25) is 0 Å². The van der Waals surface area contributed by atoms with Gasteiger partial charge in [-0.05, 0) is 28.9 Å². The largest absolute Gasteiger partial charge is 0.490 e. The summed E-state index contributed by atoms with van der Waals surface area (Å²) < 4.78 is 5.74. The highest BCUT2D eigenvalue weighted by atomic mass is 79.9. The van der Waals surface area contributed by atoms with E-state index < -0.39 is 5.97 Å². The van der Waals surface area contributed by atoms with E-state index in [1.165, 1.54) is 6.20 Å². The number of pyridine rings is 1. The Balaban J connectivity index is 3.17. The van der Waals surface area contributed by atoms with Crippen LogP contribution in [0.3, 0.4) is 0 Å². The number of carboxylic acid groups (broad SMARTS) is 1. The van der Waals surface area contributed by atoms with Gasteiger partial charge in [0, 0.05) is 6.20 Å². The van der Waals surface area contributed by atoms with E-state index in [9.17, 15) is 4.79 Å². The number of halogens is 1. The van der Waals surface area contributed by atoms with Crippen molar-refractivity contribution in [3.8, 4) is 5.75 Å². The molecular weight excluding hydrogens is 238 g/mol. The molecule has 0 aliphatic carbocycles. The molecule has 0 amide bonds. The number of hydrogen-bond donors (Lipinski definition) is 1. The predicted octanol–water partition coefficient (Wildman–Crippen LogP) is 1.94. The molecule has 1 heterocycles. The number of ether oxygens (including phenoxy) is 1. The summed E-state index contributed by atoms with van der Waals surface area (Å²) in [6.45, 7) is 2.19. The van der Waals surface area contributed by atoms with E-state index in [2.05, 4.69) is 20.9 Å². The molecule has 0 unspecified atom stereocenters. The molecule has 0 atom stereocenters. The smallest absolute Gasteiger partial charge is 0.358 e. The molecule has 0 radical (unpaired) electrons. The van der Waals surface area contributed by atoms with E-state index in [0.717, 1.165) is 0 Å². The van der Waals surface area contributed by atoms with Crippen molar-refractivity contribution >= 4 is 21.9 Å². The summed E-state index contributed by atoms with van der Waals surface area (Å²) in [7, 11) is 0. The van der Waals surface area contributed by atoms with Crippen LogP contribution in [0, 0.1) is 0 Å². The van der Waals surface area contributed by atoms with Crippen molar-refractivity contribution in [1.82, 2.24) is 4.98 Å². The summed E-state index contributed by atoms with van der Waals surface area (Å²) >= 11 is 3.19. The first kappa shape index (κ1) is 9.98. The molecule has 0 aromatic carbocycles. The summed E-state index contributed by atoms with van der Waals surface area (Å²) in [5, 5.41) is 8.75. The minimum atomic E-state index is -1.09. The number of rotatable bonds is 3. The van der Waals surface area contributed by atoms with Crippen LogP contribution in [0.5, 0.6) is 5.75 Å². The van der Waals surface area contributed by atoms with E-state index in [0.29, 0.717) is 11.1 Å². The molecule has 0 fully saturated rings. The molecule has 0 aliphatic heterocycles. The van der Waals surface area contributed by atoms with E-state index in [-0.39, 0.29) is 11.4 Å². The number of carbonyl (C=O) groups is 1. The van der Waals surface area contributed by atoms with Crippen LogP contribution in [0.1, 0.15) is 17.4 Å². The Hall–Kier alpha value is -1.10. The van der Waals surface area contributed by atoms with Crippen molar-refractivity contribution < 1.29 is 14.6 Å². The zero-order chi connectivity index (χ0) is 9.84. The van der Waals surface area contributed by atoms with Crippen molar-refractivity contribution in [2.24, 2.45) is 0 Å². The van der Waals surface area contributed by atoms with Gasteiger partial charge in [0.2, 0.25) is 0 Å². The van der Waals surface area contributed by atoms with Gasteiger partial charge < -0.3 is 9.84 Å². The first-order chi connectivity index (χ1) is 6.16. The average molecular weight is 246 g/mol. The number of hydrogen-bond acceptors (Lipinski definition) is 3. The van der Waals surface area contributed by atoms with Crippen molar-refractivity contribution in [3.63, 3.8) is 0 Å². The quantitative estimate of drug-likeness (QED) is 0.885. The highest BCUT2D eigenvalue weighted by molar-refractivity contribution is 9.10. The molecule has 0 spiro atoms. The Labute approximate surface area is 83.7 Å². The molecule has 1 N–H and O–H groups in total. The molecule has 0 saturated carbocycles. The predicted molar refractivity (Wildman–Crippen MR) is 50.1 cm³/mol. The molecule has 5 heteroatoms. The van der Waals surface area contributed by atoms with Gasteiger partial charge in [0.25, 0.3) is 0 Å². The number of aromatic nitrogens is 1. The summed E-state index contributed by atoms with van der Waals surface area (Å²) in [4.78, 5) is 14.4. The fraction of sp³-hybridized carbons (Fsp3) is 0.250. The summed E-state index contributed by atoms with van der Waals surface area (Å²) in [5.41, 5.74) is -0.0729.